The first-order chi connectivity index (χ1) is 8.20. The number of aryl methyl sites for hydroxylation is 1. The second-order valence-electron chi connectivity index (χ2n) is 4.58. The summed E-state index contributed by atoms with van der Waals surface area (Å²) in [5.41, 5.74) is 0.478. The largest absolute Gasteiger partial charge is 0.364 e. The monoisotopic (exact) mass is 238 g/mol. The van der Waals surface area contributed by atoms with Crippen LogP contribution in [-0.2, 0) is 6.42 Å². The molecule has 0 spiro atoms. The maximum Gasteiger partial charge on any atom is 0.186 e. The van der Waals surface area contributed by atoms with Gasteiger partial charge in [-0.25, -0.2) is 14.4 Å². The molecule has 94 valence electrons. The average Bonchev–Trinajstić information content (AvgIpc) is 2.32. The van der Waals surface area contributed by atoms with E-state index in [0.29, 0.717) is 17.9 Å². The van der Waals surface area contributed by atoms with Gasteiger partial charge in [0.1, 0.15) is 6.33 Å². The van der Waals surface area contributed by atoms with Gasteiger partial charge in [0.25, 0.3) is 0 Å². The number of likely N-dealkylation sites (tertiary alicyclic amines) is 1. The minimum Gasteiger partial charge on any atom is -0.364 e. The third kappa shape index (κ3) is 2.91. The molecule has 2 rings (SSSR count). The van der Waals surface area contributed by atoms with Crippen molar-refractivity contribution in [3.05, 3.63) is 17.8 Å². The number of likely N-dealkylation sites (N-methyl/N-ethyl adjacent to an activating group) is 1. The summed E-state index contributed by atoms with van der Waals surface area (Å²) in [6.45, 7) is 3.94. The van der Waals surface area contributed by atoms with Crippen LogP contribution in [0.25, 0.3) is 0 Å². The van der Waals surface area contributed by atoms with E-state index in [1.807, 2.05) is 6.92 Å². The van der Waals surface area contributed by atoms with Crippen molar-refractivity contribution in [2.75, 3.05) is 25.5 Å². The van der Waals surface area contributed by atoms with E-state index < -0.39 is 0 Å². The van der Waals surface area contributed by atoms with Crippen molar-refractivity contribution in [3.63, 3.8) is 0 Å². The van der Waals surface area contributed by atoms with Gasteiger partial charge < -0.3 is 10.2 Å². The number of halogens is 1. The lowest BCUT2D eigenvalue weighted by atomic mass is 10.1. The zero-order chi connectivity index (χ0) is 12.3. The minimum atomic E-state index is -0.303. The van der Waals surface area contributed by atoms with Crippen LogP contribution >= 0.6 is 0 Å². The Kier molecular flexibility index (Phi) is 3.89. The van der Waals surface area contributed by atoms with E-state index in [9.17, 15) is 4.39 Å². The van der Waals surface area contributed by atoms with Gasteiger partial charge in [-0.2, -0.15) is 0 Å². The number of aromatic nitrogens is 2. The fraction of sp³-hybridized carbons (Fsp3) is 0.667. The summed E-state index contributed by atoms with van der Waals surface area (Å²) in [5.74, 6) is 0.0420. The van der Waals surface area contributed by atoms with E-state index in [2.05, 4.69) is 27.2 Å². The molecule has 0 saturated carbocycles. The molecular weight excluding hydrogens is 219 g/mol. The van der Waals surface area contributed by atoms with Gasteiger partial charge in [0.05, 0.1) is 5.69 Å². The predicted octanol–water partition coefficient (Wildman–Crippen LogP) is 1.68. The van der Waals surface area contributed by atoms with E-state index in [1.54, 1.807) is 0 Å². The number of anilines is 1. The number of rotatable bonds is 3. The molecule has 0 radical (unpaired) electrons. The summed E-state index contributed by atoms with van der Waals surface area (Å²) in [7, 11) is 2.08. The summed E-state index contributed by atoms with van der Waals surface area (Å²) in [5, 5.41) is 3.19. The van der Waals surface area contributed by atoms with Crippen molar-refractivity contribution in [3.8, 4) is 0 Å². The Morgan fingerprint density at radius 2 is 2.35 bits per heavy atom. The van der Waals surface area contributed by atoms with Crippen molar-refractivity contribution in [1.29, 1.82) is 0 Å². The van der Waals surface area contributed by atoms with E-state index in [-0.39, 0.29) is 11.9 Å². The number of hydrogen-bond acceptors (Lipinski definition) is 4. The van der Waals surface area contributed by atoms with Crippen LogP contribution in [0.1, 0.15) is 25.5 Å². The summed E-state index contributed by atoms with van der Waals surface area (Å²) < 4.78 is 13.9. The fourth-order valence-corrected chi connectivity index (χ4v) is 2.23. The minimum absolute atomic E-state index is 0.280. The molecule has 1 unspecified atom stereocenters. The van der Waals surface area contributed by atoms with Crippen LogP contribution in [0.3, 0.4) is 0 Å². The summed E-state index contributed by atoms with van der Waals surface area (Å²) in [6.07, 6.45) is 4.22. The molecular formula is C12H19FN4. The average molecular weight is 238 g/mol. The summed E-state index contributed by atoms with van der Waals surface area (Å²) in [6, 6.07) is 0.280. The van der Waals surface area contributed by atoms with Gasteiger partial charge in [-0.3, -0.25) is 0 Å². The highest BCUT2D eigenvalue weighted by Gasteiger charge is 2.19. The maximum absolute atomic E-state index is 13.9. The lowest BCUT2D eigenvalue weighted by molar-refractivity contribution is 0.260. The Morgan fingerprint density at radius 1 is 1.53 bits per heavy atom. The topological polar surface area (TPSA) is 41.1 Å². The van der Waals surface area contributed by atoms with Gasteiger partial charge in [0, 0.05) is 12.6 Å². The fourth-order valence-electron chi connectivity index (χ4n) is 2.23. The molecule has 1 aliphatic heterocycles. The number of hydrogen-bond donors (Lipinski definition) is 1. The van der Waals surface area contributed by atoms with Crippen molar-refractivity contribution >= 4 is 5.82 Å². The van der Waals surface area contributed by atoms with E-state index in [4.69, 9.17) is 0 Å². The number of nitrogens with zero attached hydrogens (tertiary/aromatic N) is 3. The SMILES string of the molecule is CCc1ncnc(NC2CCCN(C)C2)c1F. The highest BCUT2D eigenvalue weighted by atomic mass is 19.1. The molecule has 1 saturated heterocycles. The Morgan fingerprint density at radius 3 is 3.06 bits per heavy atom. The zero-order valence-electron chi connectivity index (χ0n) is 10.4. The van der Waals surface area contributed by atoms with Crippen LogP contribution < -0.4 is 5.32 Å². The summed E-state index contributed by atoms with van der Waals surface area (Å²) >= 11 is 0. The van der Waals surface area contributed by atoms with Gasteiger partial charge >= 0.3 is 0 Å². The third-order valence-corrected chi connectivity index (χ3v) is 3.16. The molecule has 1 fully saturated rings. The highest BCUT2D eigenvalue weighted by molar-refractivity contribution is 5.38. The maximum atomic E-state index is 13.9. The van der Waals surface area contributed by atoms with Crippen molar-refractivity contribution < 1.29 is 4.39 Å². The molecule has 2 heterocycles. The quantitative estimate of drug-likeness (QED) is 0.870. The Balaban J connectivity index is 2.07. The van der Waals surface area contributed by atoms with Gasteiger partial charge in [0.2, 0.25) is 0 Å². The van der Waals surface area contributed by atoms with Crippen molar-refractivity contribution in [2.24, 2.45) is 0 Å². The van der Waals surface area contributed by atoms with Crippen LogP contribution in [0.4, 0.5) is 10.2 Å². The number of piperidine rings is 1. The van der Waals surface area contributed by atoms with Crippen LogP contribution in [0.2, 0.25) is 0 Å². The standard InChI is InChI=1S/C12H19FN4/c1-3-10-11(13)12(15-8-14-10)16-9-5-4-6-17(2)7-9/h8-9H,3-7H2,1-2H3,(H,14,15,16). The highest BCUT2D eigenvalue weighted by Crippen LogP contribution is 2.17. The molecule has 0 aromatic carbocycles. The zero-order valence-corrected chi connectivity index (χ0v) is 10.4. The van der Waals surface area contributed by atoms with Crippen molar-refractivity contribution in [2.45, 2.75) is 32.2 Å². The van der Waals surface area contributed by atoms with Gasteiger partial charge in [0.15, 0.2) is 11.6 Å². The second kappa shape index (κ2) is 5.40. The molecule has 5 heteroatoms. The van der Waals surface area contributed by atoms with Crippen LogP contribution in [-0.4, -0.2) is 41.0 Å². The lowest BCUT2D eigenvalue weighted by Gasteiger charge is -2.30. The molecule has 17 heavy (non-hydrogen) atoms. The number of nitrogens with one attached hydrogen (secondary N) is 1. The second-order valence-corrected chi connectivity index (χ2v) is 4.58. The van der Waals surface area contributed by atoms with Crippen LogP contribution in [0, 0.1) is 5.82 Å². The molecule has 1 N–H and O–H groups in total. The molecule has 1 aromatic heterocycles. The molecule has 0 aliphatic carbocycles. The normalized spacial score (nSPS) is 21.5. The summed E-state index contributed by atoms with van der Waals surface area (Å²) in [4.78, 5) is 10.2. The predicted molar refractivity (Wildman–Crippen MR) is 65.5 cm³/mol. The first-order valence-electron chi connectivity index (χ1n) is 6.15. The van der Waals surface area contributed by atoms with Crippen LogP contribution in [0.15, 0.2) is 6.33 Å². The first-order valence-corrected chi connectivity index (χ1v) is 6.15. The van der Waals surface area contributed by atoms with E-state index in [1.165, 1.54) is 6.33 Å². The van der Waals surface area contributed by atoms with E-state index >= 15 is 0 Å². The van der Waals surface area contributed by atoms with Gasteiger partial charge in [-0.1, -0.05) is 6.92 Å². The first kappa shape index (κ1) is 12.2. The Hall–Kier alpha value is -1.23. The molecule has 1 atom stereocenters. The third-order valence-electron chi connectivity index (χ3n) is 3.16. The Labute approximate surface area is 101 Å². The smallest absolute Gasteiger partial charge is 0.186 e. The molecule has 4 nitrogen and oxygen atoms in total. The molecule has 1 aromatic rings. The van der Waals surface area contributed by atoms with Crippen LogP contribution in [0.5, 0.6) is 0 Å². The van der Waals surface area contributed by atoms with Crippen molar-refractivity contribution in [1.82, 2.24) is 14.9 Å². The van der Waals surface area contributed by atoms with Gasteiger partial charge in [-0.05, 0) is 32.9 Å². The van der Waals surface area contributed by atoms with Gasteiger partial charge in [-0.15, -0.1) is 0 Å². The lowest BCUT2D eigenvalue weighted by Crippen LogP contribution is -2.40. The molecule has 0 amide bonds. The molecule has 0 bridgehead atoms. The van der Waals surface area contributed by atoms with E-state index in [0.717, 1.165) is 25.9 Å². The molecule has 1 aliphatic rings. The Bertz CT molecular complexity index is 383.